The molecule has 0 spiro atoms. The molecule has 2 rings (SSSR count). The predicted molar refractivity (Wildman–Crippen MR) is 65.5 cm³/mol. The van der Waals surface area contributed by atoms with Crippen molar-refractivity contribution in [2.24, 2.45) is 0 Å². The van der Waals surface area contributed by atoms with Gasteiger partial charge in [-0.25, -0.2) is 0 Å². The van der Waals surface area contributed by atoms with E-state index in [0.717, 1.165) is 19.6 Å². The highest BCUT2D eigenvalue weighted by Gasteiger charge is 2.17. The molecule has 4 nitrogen and oxygen atoms in total. The van der Waals surface area contributed by atoms with E-state index in [9.17, 15) is 0 Å². The number of aromatic amines is 1. The molecule has 0 aromatic carbocycles. The van der Waals surface area contributed by atoms with Crippen molar-refractivity contribution >= 4 is 0 Å². The maximum atomic E-state index is 4.37. The Hall–Kier alpha value is -0.870. The quantitative estimate of drug-likeness (QED) is 0.704. The van der Waals surface area contributed by atoms with Crippen molar-refractivity contribution in [1.82, 2.24) is 20.4 Å². The standard InChI is InChI=1S/C12H22N4/c1-16(2)8-4-7-13-9-12-10-5-3-6-11(10)14-15-12/h13H,3-9H2,1-2H3,(H,14,15). The van der Waals surface area contributed by atoms with E-state index in [1.807, 2.05) is 0 Å². The Morgan fingerprint density at radius 1 is 1.38 bits per heavy atom. The zero-order chi connectivity index (χ0) is 11.4. The predicted octanol–water partition coefficient (Wildman–Crippen LogP) is 0.940. The van der Waals surface area contributed by atoms with E-state index in [2.05, 4.69) is 34.5 Å². The van der Waals surface area contributed by atoms with Gasteiger partial charge in [0.15, 0.2) is 0 Å². The van der Waals surface area contributed by atoms with Gasteiger partial charge in [-0.05, 0) is 58.4 Å². The summed E-state index contributed by atoms with van der Waals surface area (Å²) in [5.41, 5.74) is 4.07. The first kappa shape index (κ1) is 11.6. The monoisotopic (exact) mass is 222 g/mol. The highest BCUT2D eigenvalue weighted by atomic mass is 15.1. The van der Waals surface area contributed by atoms with Gasteiger partial charge in [0.05, 0.1) is 5.69 Å². The van der Waals surface area contributed by atoms with Gasteiger partial charge in [0.1, 0.15) is 0 Å². The lowest BCUT2D eigenvalue weighted by atomic mass is 10.2. The van der Waals surface area contributed by atoms with Crippen LogP contribution in [0.3, 0.4) is 0 Å². The Labute approximate surface area is 97.4 Å². The second-order valence-corrected chi connectivity index (χ2v) is 4.81. The molecule has 0 bridgehead atoms. The number of rotatable bonds is 6. The molecule has 0 fully saturated rings. The number of aromatic nitrogens is 2. The average molecular weight is 222 g/mol. The molecule has 0 saturated carbocycles. The Bertz CT molecular complexity index is 330. The molecule has 0 unspecified atom stereocenters. The van der Waals surface area contributed by atoms with Crippen LogP contribution in [0.1, 0.15) is 29.8 Å². The summed E-state index contributed by atoms with van der Waals surface area (Å²) in [6, 6.07) is 0. The third-order valence-electron chi connectivity index (χ3n) is 3.14. The van der Waals surface area contributed by atoms with Gasteiger partial charge in [-0.3, -0.25) is 5.10 Å². The second-order valence-electron chi connectivity index (χ2n) is 4.81. The molecular weight excluding hydrogens is 200 g/mol. The molecule has 1 aromatic rings. The molecule has 0 amide bonds. The van der Waals surface area contributed by atoms with Crippen molar-refractivity contribution in [3.63, 3.8) is 0 Å². The molecule has 2 N–H and O–H groups in total. The molecule has 90 valence electrons. The van der Waals surface area contributed by atoms with Gasteiger partial charge in [0.25, 0.3) is 0 Å². The number of aryl methyl sites for hydroxylation is 1. The van der Waals surface area contributed by atoms with Crippen LogP contribution in [0, 0.1) is 0 Å². The molecule has 1 aliphatic rings. The van der Waals surface area contributed by atoms with Crippen molar-refractivity contribution < 1.29 is 0 Å². The summed E-state index contributed by atoms with van der Waals surface area (Å²) in [4.78, 5) is 2.22. The SMILES string of the molecule is CN(C)CCCNCc1n[nH]c2c1CCC2. The summed E-state index contributed by atoms with van der Waals surface area (Å²) < 4.78 is 0. The number of fused-ring (bicyclic) bond motifs is 1. The van der Waals surface area contributed by atoms with Crippen LogP contribution in [0.15, 0.2) is 0 Å². The molecule has 1 heterocycles. The third-order valence-corrected chi connectivity index (χ3v) is 3.14. The van der Waals surface area contributed by atoms with Crippen LogP contribution < -0.4 is 5.32 Å². The first-order chi connectivity index (χ1) is 7.77. The molecule has 0 saturated heterocycles. The van der Waals surface area contributed by atoms with E-state index >= 15 is 0 Å². The topological polar surface area (TPSA) is 44.0 Å². The summed E-state index contributed by atoms with van der Waals surface area (Å²) in [6.07, 6.45) is 4.88. The van der Waals surface area contributed by atoms with Gasteiger partial charge < -0.3 is 10.2 Å². The van der Waals surface area contributed by atoms with Gasteiger partial charge in [0, 0.05) is 12.2 Å². The summed E-state index contributed by atoms with van der Waals surface area (Å²) in [7, 11) is 4.22. The van der Waals surface area contributed by atoms with Crippen LogP contribution in [0.2, 0.25) is 0 Å². The van der Waals surface area contributed by atoms with E-state index in [1.54, 1.807) is 0 Å². The number of H-pyrrole nitrogens is 1. The van der Waals surface area contributed by atoms with Crippen molar-refractivity contribution in [3.8, 4) is 0 Å². The van der Waals surface area contributed by atoms with Crippen molar-refractivity contribution in [1.29, 1.82) is 0 Å². The summed E-state index contributed by atoms with van der Waals surface area (Å²) in [6.45, 7) is 3.13. The van der Waals surface area contributed by atoms with Crippen LogP contribution in [0.5, 0.6) is 0 Å². The maximum absolute atomic E-state index is 4.37. The normalized spacial score (nSPS) is 14.7. The van der Waals surface area contributed by atoms with Gasteiger partial charge >= 0.3 is 0 Å². The fraction of sp³-hybridized carbons (Fsp3) is 0.750. The minimum atomic E-state index is 0.916. The van der Waals surface area contributed by atoms with E-state index in [1.165, 1.54) is 42.6 Å². The Morgan fingerprint density at radius 3 is 3.06 bits per heavy atom. The van der Waals surface area contributed by atoms with Crippen LogP contribution in [0.4, 0.5) is 0 Å². The Morgan fingerprint density at radius 2 is 2.25 bits per heavy atom. The van der Waals surface area contributed by atoms with Crippen LogP contribution in [-0.4, -0.2) is 42.3 Å². The smallest absolute Gasteiger partial charge is 0.0794 e. The van der Waals surface area contributed by atoms with Gasteiger partial charge in [-0.1, -0.05) is 0 Å². The lowest BCUT2D eigenvalue weighted by molar-refractivity contribution is 0.394. The molecule has 0 atom stereocenters. The first-order valence-corrected chi connectivity index (χ1v) is 6.18. The van der Waals surface area contributed by atoms with Crippen LogP contribution in [0.25, 0.3) is 0 Å². The largest absolute Gasteiger partial charge is 0.311 e. The van der Waals surface area contributed by atoms with E-state index in [4.69, 9.17) is 0 Å². The van der Waals surface area contributed by atoms with E-state index in [-0.39, 0.29) is 0 Å². The van der Waals surface area contributed by atoms with Gasteiger partial charge in [0.2, 0.25) is 0 Å². The summed E-state index contributed by atoms with van der Waals surface area (Å²) in [5, 5.41) is 11.0. The second kappa shape index (κ2) is 5.46. The average Bonchev–Trinajstić information content (AvgIpc) is 2.80. The highest BCUT2D eigenvalue weighted by molar-refractivity contribution is 5.29. The molecule has 0 aliphatic heterocycles. The Kier molecular flexibility index (Phi) is 3.96. The molecule has 16 heavy (non-hydrogen) atoms. The lowest BCUT2D eigenvalue weighted by Crippen LogP contribution is -2.21. The maximum Gasteiger partial charge on any atom is 0.0794 e. The number of nitrogens with one attached hydrogen (secondary N) is 2. The fourth-order valence-electron chi connectivity index (χ4n) is 2.26. The summed E-state index contributed by atoms with van der Waals surface area (Å²) in [5.74, 6) is 0. The summed E-state index contributed by atoms with van der Waals surface area (Å²) >= 11 is 0. The van der Waals surface area contributed by atoms with E-state index in [0.29, 0.717) is 0 Å². The van der Waals surface area contributed by atoms with Crippen molar-refractivity contribution in [3.05, 3.63) is 17.0 Å². The molecule has 0 radical (unpaired) electrons. The third kappa shape index (κ3) is 2.83. The van der Waals surface area contributed by atoms with Crippen molar-refractivity contribution in [2.75, 3.05) is 27.2 Å². The zero-order valence-corrected chi connectivity index (χ0v) is 10.3. The minimum absolute atomic E-state index is 0.916. The van der Waals surface area contributed by atoms with Crippen LogP contribution >= 0.6 is 0 Å². The van der Waals surface area contributed by atoms with E-state index < -0.39 is 0 Å². The first-order valence-electron chi connectivity index (χ1n) is 6.18. The molecular formula is C12H22N4. The minimum Gasteiger partial charge on any atom is -0.311 e. The molecule has 4 heteroatoms. The highest BCUT2D eigenvalue weighted by Crippen LogP contribution is 2.22. The Balaban J connectivity index is 1.69. The van der Waals surface area contributed by atoms with Crippen LogP contribution in [-0.2, 0) is 19.4 Å². The molecule has 1 aromatic heterocycles. The number of hydrogen-bond acceptors (Lipinski definition) is 3. The molecule has 1 aliphatic carbocycles. The number of hydrogen-bond donors (Lipinski definition) is 2. The zero-order valence-electron chi connectivity index (χ0n) is 10.3. The fourth-order valence-corrected chi connectivity index (χ4v) is 2.26. The van der Waals surface area contributed by atoms with Crippen molar-refractivity contribution in [2.45, 2.75) is 32.2 Å². The van der Waals surface area contributed by atoms with Gasteiger partial charge in [-0.15, -0.1) is 0 Å². The number of nitrogens with zero attached hydrogens (tertiary/aromatic N) is 2. The lowest BCUT2D eigenvalue weighted by Gasteiger charge is -2.09. The van der Waals surface area contributed by atoms with Gasteiger partial charge in [-0.2, -0.15) is 5.10 Å².